The van der Waals surface area contributed by atoms with E-state index in [0.717, 1.165) is 6.54 Å². The Hall–Kier alpha value is -1.18. The summed E-state index contributed by atoms with van der Waals surface area (Å²) in [6.07, 6.45) is 6.35. The number of nitrogens with one attached hydrogen (secondary N) is 1. The first-order valence-corrected chi connectivity index (χ1v) is 4.71. The minimum Gasteiger partial charge on any atom is -0.367 e. The average Bonchev–Trinajstić information content (AvgIpc) is 2.45. The summed E-state index contributed by atoms with van der Waals surface area (Å²) in [5.74, 6) is 1.25. The summed E-state index contributed by atoms with van der Waals surface area (Å²) < 4.78 is 2.14. The van der Waals surface area contributed by atoms with Crippen molar-refractivity contribution < 1.29 is 0 Å². The Kier molecular flexibility index (Phi) is 1.72. The molecule has 0 aliphatic carbocycles. The molecule has 0 amide bonds. The van der Waals surface area contributed by atoms with Gasteiger partial charge in [-0.05, 0) is 23.1 Å². The van der Waals surface area contributed by atoms with Crippen LogP contribution >= 0.6 is 0 Å². The highest BCUT2D eigenvalue weighted by Gasteiger charge is 2.21. The van der Waals surface area contributed by atoms with Crippen LogP contribution in [-0.4, -0.2) is 11.1 Å². The van der Waals surface area contributed by atoms with Gasteiger partial charge in [-0.3, -0.25) is 0 Å². The summed E-state index contributed by atoms with van der Waals surface area (Å²) in [5, 5.41) is 3.39. The average molecular weight is 176 g/mol. The van der Waals surface area contributed by atoms with Crippen molar-refractivity contribution >= 4 is 12.0 Å². The third kappa shape index (κ3) is 1.37. The molecule has 0 spiro atoms. The second-order valence-corrected chi connectivity index (χ2v) is 4.50. The van der Waals surface area contributed by atoms with Crippen molar-refractivity contribution in [2.24, 2.45) is 0 Å². The predicted octanol–water partition coefficient (Wildman–Crippen LogP) is 2.68. The second-order valence-electron chi connectivity index (χ2n) is 4.50. The van der Waals surface area contributed by atoms with Gasteiger partial charge < -0.3 is 9.88 Å². The lowest BCUT2D eigenvalue weighted by Crippen LogP contribution is -2.16. The van der Waals surface area contributed by atoms with Crippen molar-refractivity contribution in [3.63, 3.8) is 0 Å². The topological polar surface area (TPSA) is 17.0 Å². The van der Waals surface area contributed by atoms with E-state index in [-0.39, 0.29) is 5.41 Å². The monoisotopic (exact) mass is 176 g/mol. The molecule has 0 bridgehead atoms. The molecule has 1 N–H and O–H groups in total. The highest BCUT2D eigenvalue weighted by molar-refractivity contribution is 5.58. The maximum atomic E-state index is 3.39. The number of hydrogen-bond acceptors (Lipinski definition) is 1. The van der Waals surface area contributed by atoms with Crippen molar-refractivity contribution in [3.8, 4) is 0 Å². The van der Waals surface area contributed by atoms with Crippen molar-refractivity contribution in [2.75, 3.05) is 11.9 Å². The maximum Gasteiger partial charge on any atom is 0.114 e. The maximum absolute atomic E-state index is 3.39. The van der Waals surface area contributed by atoms with E-state index in [0.29, 0.717) is 0 Å². The fourth-order valence-electron chi connectivity index (χ4n) is 1.69. The fraction of sp³-hybridized carbons (Fsp3) is 0.455. The van der Waals surface area contributed by atoms with Gasteiger partial charge in [0.2, 0.25) is 0 Å². The predicted molar refractivity (Wildman–Crippen MR) is 57.0 cm³/mol. The molecule has 1 aromatic heterocycles. The zero-order valence-corrected chi connectivity index (χ0v) is 8.46. The molecule has 2 rings (SSSR count). The van der Waals surface area contributed by atoms with Gasteiger partial charge in [0.1, 0.15) is 5.82 Å². The van der Waals surface area contributed by atoms with Crippen LogP contribution in [0.25, 0.3) is 6.20 Å². The normalized spacial score (nSPS) is 15.3. The van der Waals surface area contributed by atoms with Gasteiger partial charge in [-0.15, -0.1) is 0 Å². The Morgan fingerprint density at radius 3 is 2.85 bits per heavy atom. The fourth-order valence-corrected chi connectivity index (χ4v) is 1.69. The van der Waals surface area contributed by atoms with Gasteiger partial charge in [0.15, 0.2) is 0 Å². The molecule has 1 aliphatic heterocycles. The molecule has 0 fully saturated rings. The highest BCUT2D eigenvalue weighted by atomic mass is 15.1. The third-order valence-electron chi connectivity index (χ3n) is 2.38. The molecule has 1 aliphatic rings. The van der Waals surface area contributed by atoms with Crippen LogP contribution in [0.3, 0.4) is 0 Å². The molecule has 0 aromatic carbocycles. The molecule has 2 heterocycles. The summed E-state index contributed by atoms with van der Waals surface area (Å²) in [4.78, 5) is 0. The lowest BCUT2D eigenvalue weighted by molar-refractivity contribution is 0.592. The van der Waals surface area contributed by atoms with Crippen LogP contribution in [0.1, 0.15) is 26.3 Å². The lowest BCUT2D eigenvalue weighted by atomic mass is 9.88. The Bertz CT molecular complexity index is 339. The van der Waals surface area contributed by atoms with E-state index in [4.69, 9.17) is 0 Å². The quantitative estimate of drug-likeness (QED) is 0.643. The van der Waals surface area contributed by atoms with Gasteiger partial charge in [0.25, 0.3) is 0 Å². The van der Waals surface area contributed by atoms with Gasteiger partial charge in [0.05, 0.1) is 0 Å². The molecule has 70 valence electrons. The summed E-state index contributed by atoms with van der Waals surface area (Å²) in [6.45, 7) is 7.66. The Labute approximate surface area is 79.3 Å². The molecule has 2 heteroatoms. The van der Waals surface area contributed by atoms with E-state index < -0.39 is 0 Å². The van der Waals surface area contributed by atoms with Crippen LogP contribution in [0.15, 0.2) is 18.3 Å². The molecule has 13 heavy (non-hydrogen) atoms. The number of aromatic nitrogens is 1. The van der Waals surface area contributed by atoms with Crippen LogP contribution in [0.5, 0.6) is 0 Å². The zero-order chi connectivity index (χ0) is 9.47. The van der Waals surface area contributed by atoms with Crippen molar-refractivity contribution in [2.45, 2.75) is 26.2 Å². The molecule has 2 nitrogen and oxygen atoms in total. The van der Waals surface area contributed by atoms with Crippen LogP contribution < -0.4 is 5.32 Å². The number of hydrogen-bond donors (Lipinski definition) is 1. The van der Waals surface area contributed by atoms with Crippen LogP contribution in [0, 0.1) is 0 Å². The van der Waals surface area contributed by atoms with Gasteiger partial charge in [-0.2, -0.15) is 0 Å². The van der Waals surface area contributed by atoms with Crippen molar-refractivity contribution in [1.29, 1.82) is 0 Å². The van der Waals surface area contributed by atoms with E-state index in [1.165, 1.54) is 11.4 Å². The largest absolute Gasteiger partial charge is 0.367 e. The Morgan fingerprint density at radius 1 is 1.38 bits per heavy atom. The lowest BCUT2D eigenvalue weighted by Gasteiger charge is -2.22. The van der Waals surface area contributed by atoms with Crippen LogP contribution in [0.2, 0.25) is 0 Å². The third-order valence-corrected chi connectivity index (χ3v) is 2.38. The first-order chi connectivity index (χ1) is 6.09. The molecule has 0 radical (unpaired) electrons. The SMILES string of the molecule is CC(C)(C)c1ccn2c1NCC=C2. The zero-order valence-electron chi connectivity index (χ0n) is 8.46. The molecule has 0 saturated carbocycles. The van der Waals surface area contributed by atoms with Crippen molar-refractivity contribution in [3.05, 3.63) is 23.9 Å². The number of nitrogens with zero attached hydrogens (tertiary/aromatic N) is 1. The number of rotatable bonds is 0. The van der Waals surface area contributed by atoms with Crippen molar-refractivity contribution in [1.82, 2.24) is 4.57 Å². The number of anilines is 1. The summed E-state index contributed by atoms with van der Waals surface area (Å²) in [6, 6.07) is 2.19. The summed E-state index contributed by atoms with van der Waals surface area (Å²) in [7, 11) is 0. The van der Waals surface area contributed by atoms with Crippen LogP contribution in [0.4, 0.5) is 5.82 Å². The molecular formula is C11H16N2. The Balaban J connectivity index is 2.50. The molecule has 0 saturated heterocycles. The van der Waals surface area contributed by atoms with E-state index in [2.05, 4.69) is 55.2 Å². The number of fused-ring (bicyclic) bond motifs is 1. The minimum atomic E-state index is 0.221. The molecule has 0 atom stereocenters. The highest BCUT2D eigenvalue weighted by Crippen LogP contribution is 2.31. The van der Waals surface area contributed by atoms with E-state index in [1.54, 1.807) is 0 Å². The minimum absolute atomic E-state index is 0.221. The Morgan fingerprint density at radius 2 is 2.15 bits per heavy atom. The van der Waals surface area contributed by atoms with E-state index >= 15 is 0 Å². The summed E-state index contributed by atoms with van der Waals surface area (Å²) >= 11 is 0. The van der Waals surface area contributed by atoms with Gasteiger partial charge in [-0.25, -0.2) is 0 Å². The van der Waals surface area contributed by atoms with Gasteiger partial charge in [-0.1, -0.05) is 20.8 Å². The smallest absolute Gasteiger partial charge is 0.114 e. The molecule has 0 unspecified atom stereocenters. The summed E-state index contributed by atoms with van der Waals surface area (Å²) in [5.41, 5.74) is 1.61. The van der Waals surface area contributed by atoms with Crippen LogP contribution in [-0.2, 0) is 5.41 Å². The second kappa shape index (κ2) is 2.66. The van der Waals surface area contributed by atoms with Gasteiger partial charge >= 0.3 is 0 Å². The molecular weight excluding hydrogens is 160 g/mol. The van der Waals surface area contributed by atoms with E-state index in [9.17, 15) is 0 Å². The first kappa shape index (κ1) is 8.42. The molecule has 1 aromatic rings. The van der Waals surface area contributed by atoms with Gasteiger partial charge in [0, 0.05) is 18.9 Å². The first-order valence-electron chi connectivity index (χ1n) is 4.71. The van der Waals surface area contributed by atoms with E-state index in [1.807, 2.05) is 0 Å². The standard InChI is InChI=1S/C11H16N2/c1-11(2,3)9-5-8-13-7-4-6-12-10(9)13/h4-5,7-8,12H,6H2,1-3H3.